The third-order valence-corrected chi connectivity index (χ3v) is 15.8. The monoisotopic (exact) mass is 980 g/mol. The smallest absolute Gasteiger partial charge is 0.217 e. The van der Waals surface area contributed by atoms with E-state index in [1.807, 2.05) is 36.7 Å². The number of rotatable bonds is 7. The fourth-order valence-electron chi connectivity index (χ4n) is 4.82. The van der Waals surface area contributed by atoms with E-state index in [1.54, 1.807) is 46.6 Å². The minimum atomic E-state index is -3.49. The molecule has 0 bridgehead atoms. The minimum absolute atomic E-state index is 0. The molecule has 0 fully saturated rings. The van der Waals surface area contributed by atoms with Crippen LogP contribution in [0.1, 0.15) is 108 Å². The third-order valence-electron chi connectivity index (χ3n) is 8.34. The summed E-state index contributed by atoms with van der Waals surface area (Å²) in [5, 5.41) is 3.02. The van der Waals surface area contributed by atoms with E-state index in [2.05, 4.69) is 156 Å². The van der Waals surface area contributed by atoms with Crippen LogP contribution in [0, 0.1) is 0 Å². The van der Waals surface area contributed by atoms with E-state index >= 15 is 0 Å². The fourth-order valence-corrected chi connectivity index (χ4v) is 10.6. The zero-order valence-electron chi connectivity index (χ0n) is 35.3. The lowest BCUT2D eigenvalue weighted by atomic mass is 9.87. The second-order valence-electron chi connectivity index (χ2n) is 16.1. The molecule has 3 aromatic carbocycles. The van der Waals surface area contributed by atoms with Gasteiger partial charge in [0.25, 0.3) is 0 Å². The molecule has 6 nitrogen and oxygen atoms in total. The van der Waals surface area contributed by atoms with Crippen LogP contribution in [0.2, 0.25) is 0 Å². The van der Waals surface area contributed by atoms with Gasteiger partial charge in [-0.15, -0.1) is 59.0 Å². The molecule has 0 aliphatic heterocycles. The van der Waals surface area contributed by atoms with Crippen LogP contribution in [0.15, 0.2) is 118 Å². The van der Waals surface area contributed by atoms with Gasteiger partial charge in [0.05, 0.1) is 41.5 Å². The average Bonchev–Trinajstić information content (AvgIpc) is 3.93. The van der Waals surface area contributed by atoms with Gasteiger partial charge in [-0.3, -0.25) is 0 Å². The molecule has 0 aliphatic rings. The number of hydrogen-bond acceptors (Lipinski definition) is 11. The van der Waals surface area contributed by atoms with Crippen LogP contribution in [0.25, 0.3) is 0 Å². The predicted molar refractivity (Wildman–Crippen MR) is 260 cm³/mol. The topological polar surface area (TPSA) is 98.8 Å². The first-order chi connectivity index (χ1) is 26.6. The summed E-state index contributed by atoms with van der Waals surface area (Å²) in [5.74, 6) is 0. The van der Waals surface area contributed by atoms with Crippen LogP contribution < -0.4 is 5.73 Å². The molecule has 58 heavy (non-hydrogen) atoms. The van der Waals surface area contributed by atoms with Crippen LogP contribution in [0.4, 0.5) is 0 Å². The molecule has 0 atom stereocenters. The number of nitrogens with zero attached hydrogens (tertiary/aromatic N) is 3. The van der Waals surface area contributed by atoms with E-state index in [-0.39, 0.29) is 44.3 Å². The Bertz CT molecular complexity index is 2210. The van der Waals surface area contributed by atoms with Gasteiger partial charge < -0.3 is 5.73 Å². The summed E-state index contributed by atoms with van der Waals surface area (Å²) in [6, 6.07) is 24.2. The van der Waals surface area contributed by atoms with E-state index in [9.17, 15) is 8.42 Å². The maximum absolute atomic E-state index is 12.5. The number of sulfone groups is 1. The molecule has 0 spiro atoms. The number of aromatic nitrogens is 3. The molecule has 3 aromatic heterocycles. The van der Waals surface area contributed by atoms with Gasteiger partial charge in [0.15, 0.2) is 0 Å². The van der Waals surface area contributed by atoms with Gasteiger partial charge in [0.2, 0.25) is 9.84 Å². The van der Waals surface area contributed by atoms with Gasteiger partial charge in [0, 0.05) is 16.3 Å². The summed E-state index contributed by atoms with van der Waals surface area (Å²) in [5.41, 5.74) is 9.78. The summed E-state index contributed by atoms with van der Waals surface area (Å²) in [4.78, 5) is 15.1. The third kappa shape index (κ3) is 16.8. The Kier molecular flexibility index (Phi) is 20.9. The largest absolute Gasteiger partial charge is 0.325 e. The Morgan fingerprint density at radius 3 is 1.45 bits per heavy atom. The van der Waals surface area contributed by atoms with Gasteiger partial charge in [-0.1, -0.05) is 124 Å². The van der Waals surface area contributed by atoms with E-state index in [4.69, 9.17) is 5.73 Å². The van der Waals surface area contributed by atoms with Crippen LogP contribution in [0.3, 0.4) is 0 Å². The molecule has 316 valence electrons. The predicted octanol–water partition coefficient (Wildman–Crippen LogP) is 14.0. The number of halogens is 2. The van der Waals surface area contributed by atoms with Crippen LogP contribution in [0.5, 0.6) is 0 Å². The summed E-state index contributed by atoms with van der Waals surface area (Å²) in [7, 11) is -3.49. The molecule has 0 aliphatic carbocycles. The van der Waals surface area contributed by atoms with Gasteiger partial charge in [0.1, 0.15) is 9.22 Å². The van der Waals surface area contributed by atoms with Crippen LogP contribution in [-0.4, -0.2) is 23.4 Å². The first-order valence-electron chi connectivity index (χ1n) is 18.7. The highest BCUT2D eigenvalue weighted by Gasteiger charge is 2.22. The van der Waals surface area contributed by atoms with Crippen molar-refractivity contribution in [1.82, 2.24) is 15.0 Å². The highest BCUT2D eigenvalue weighted by Crippen LogP contribution is 2.34. The molecule has 3 heterocycles. The van der Waals surface area contributed by atoms with Crippen molar-refractivity contribution in [1.29, 1.82) is 0 Å². The number of hydrogen-bond donors (Lipinski definition) is 2. The average molecular weight is 983 g/mol. The van der Waals surface area contributed by atoms with E-state index in [0.717, 1.165) is 38.4 Å². The molecular formula is C44H58BrClN4O2S6. The molecule has 14 heteroatoms. The maximum atomic E-state index is 12.5. The Balaban J connectivity index is 0.000000280. The minimum Gasteiger partial charge on any atom is -0.325 e. The lowest BCUT2D eigenvalue weighted by Gasteiger charge is -2.19. The molecule has 0 unspecified atom stereocenters. The maximum Gasteiger partial charge on any atom is 0.217 e. The number of thiol groups is 1. The van der Waals surface area contributed by atoms with Crippen molar-refractivity contribution in [2.24, 2.45) is 5.73 Å². The molecule has 0 amide bonds. The van der Waals surface area contributed by atoms with Gasteiger partial charge in [-0.25, -0.2) is 23.4 Å². The molecule has 0 saturated carbocycles. The van der Waals surface area contributed by atoms with Crippen molar-refractivity contribution in [3.8, 4) is 0 Å². The van der Waals surface area contributed by atoms with Crippen molar-refractivity contribution >= 4 is 96.6 Å². The Morgan fingerprint density at radius 2 is 1.07 bits per heavy atom. The van der Waals surface area contributed by atoms with E-state index < -0.39 is 9.84 Å². The number of nitrogens with two attached hydrogens (primary N) is 1. The van der Waals surface area contributed by atoms with Crippen molar-refractivity contribution in [3.05, 3.63) is 127 Å². The number of thiazole rings is 3. The summed E-state index contributed by atoms with van der Waals surface area (Å²) in [6.07, 6.45) is 7.25. The SMILES string of the molecule is CC(C)(C)c1ccc(S(=O)(=O)c2cnc(CN)s2)cc1.CC(C)(C)c1ccc(S)cc1.CCc1ncc(Br)s1.CCc1ncc(Sc2ccc(C(C)(C)C)cc2)s1.Cl. The van der Waals surface area contributed by atoms with Gasteiger partial charge in [-0.2, -0.15) is 0 Å². The van der Waals surface area contributed by atoms with E-state index in [0.29, 0.717) is 5.01 Å². The lowest BCUT2D eigenvalue weighted by molar-refractivity contribution is 0.586. The van der Waals surface area contributed by atoms with Gasteiger partial charge >= 0.3 is 0 Å². The van der Waals surface area contributed by atoms with Crippen molar-refractivity contribution in [3.63, 3.8) is 0 Å². The zero-order valence-corrected chi connectivity index (χ0v) is 42.7. The fraction of sp³-hybridized carbons (Fsp3) is 0.386. The second-order valence-corrected chi connectivity index (χ2v) is 24.9. The zero-order chi connectivity index (χ0) is 42.6. The molecular weight excluding hydrogens is 924 g/mol. The van der Waals surface area contributed by atoms with E-state index in [1.165, 1.54) is 36.4 Å². The molecule has 6 rings (SSSR count). The lowest BCUT2D eigenvalue weighted by Crippen LogP contribution is -2.11. The van der Waals surface area contributed by atoms with Crippen molar-refractivity contribution < 1.29 is 8.42 Å². The molecule has 2 N–H and O–H groups in total. The Morgan fingerprint density at radius 1 is 0.638 bits per heavy atom. The second kappa shape index (κ2) is 23.2. The normalized spacial score (nSPS) is 11.6. The molecule has 0 radical (unpaired) electrons. The quantitative estimate of drug-likeness (QED) is 0.154. The first kappa shape index (κ1) is 52.1. The summed E-state index contributed by atoms with van der Waals surface area (Å²) >= 11 is 14.0. The Hall–Kier alpha value is -2.07. The number of aryl methyl sites for hydroxylation is 2. The summed E-state index contributed by atoms with van der Waals surface area (Å²) in [6.45, 7) is 24.1. The highest BCUT2D eigenvalue weighted by atomic mass is 79.9. The van der Waals surface area contributed by atoms with Crippen LogP contribution >= 0.6 is 86.7 Å². The standard InChI is InChI=1S/C15H19NS2.C14H18N2O2S2.C10H14S.C5H6BrNS.ClH/c1-5-13-16-10-14(18-13)17-12-8-6-11(7-9-12)15(2,3)4;1-14(2,3)10-4-6-11(7-5-10)20(17,18)13-9-16-12(8-15)19-13;1-10(2,3)8-4-6-9(11)7-5-8;1-2-5-7-3-4(6)8-5;/h6-10H,5H2,1-4H3;4-7,9H,8,15H2,1-3H3;4-7,11H,1-3H3;3H,2H2,1H3;1H. The first-order valence-corrected chi connectivity index (χ1v) is 24.7. The van der Waals surface area contributed by atoms with Crippen molar-refractivity contribution in [2.75, 3.05) is 0 Å². The van der Waals surface area contributed by atoms with Crippen molar-refractivity contribution in [2.45, 2.75) is 135 Å². The molecule has 0 saturated heterocycles. The Labute approximate surface area is 384 Å². The van der Waals surface area contributed by atoms with Crippen LogP contribution in [-0.2, 0) is 45.5 Å². The highest BCUT2D eigenvalue weighted by molar-refractivity contribution is 9.11. The van der Waals surface area contributed by atoms with Gasteiger partial charge in [-0.05, 0) is 98.1 Å². The summed E-state index contributed by atoms with van der Waals surface area (Å²) < 4.78 is 27.5. The number of benzene rings is 3. The molecule has 6 aromatic rings.